The van der Waals surface area contributed by atoms with Gasteiger partial charge in [-0.25, -0.2) is 4.79 Å². The number of rotatable bonds is 6. The van der Waals surface area contributed by atoms with Gasteiger partial charge in [0.05, 0.1) is 12.0 Å². The van der Waals surface area contributed by atoms with Crippen LogP contribution < -0.4 is 5.32 Å². The quantitative estimate of drug-likeness (QED) is 0.620. The number of carbonyl (C=O) groups excluding carboxylic acids is 2. The van der Waals surface area contributed by atoms with E-state index in [1.807, 2.05) is 36.4 Å². The summed E-state index contributed by atoms with van der Waals surface area (Å²) in [6.07, 6.45) is -1.19. The molecule has 0 radical (unpaired) electrons. The fourth-order valence-corrected chi connectivity index (χ4v) is 4.77. The number of aliphatic hydroxyl groups excluding tert-OH is 1. The molecule has 2 aromatic carbocycles. The second-order valence-corrected chi connectivity index (χ2v) is 8.60. The van der Waals surface area contributed by atoms with Crippen LogP contribution in [0.25, 0.3) is 11.1 Å². The molecule has 0 aromatic heterocycles. The fourth-order valence-electron chi connectivity index (χ4n) is 4.77. The molecule has 2 aromatic rings. The Morgan fingerprint density at radius 2 is 1.67 bits per heavy atom. The number of amides is 2. The van der Waals surface area contributed by atoms with Crippen LogP contribution in [0.1, 0.15) is 36.8 Å². The van der Waals surface area contributed by atoms with Crippen molar-refractivity contribution >= 4 is 18.0 Å². The van der Waals surface area contributed by atoms with Crippen molar-refractivity contribution in [3.05, 3.63) is 59.7 Å². The Bertz CT molecular complexity index is 1010. The molecule has 8 nitrogen and oxygen atoms in total. The number of hydrogen-bond acceptors (Lipinski definition) is 5. The Kier molecular flexibility index (Phi) is 6.65. The predicted molar refractivity (Wildman–Crippen MR) is 121 cm³/mol. The number of aliphatic carboxylic acids is 1. The summed E-state index contributed by atoms with van der Waals surface area (Å²) in [4.78, 5) is 38.1. The van der Waals surface area contributed by atoms with Gasteiger partial charge in [-0.1, -0.05) is 55.5 Å². The lowest BCUT2D eigenvalue weighted by molar-refractivity contribution is -0.149. The highest BCUT2D eigenvalue weighted by Crippen LogP contribution is 2.44. The minimum Gasteiger partial charge on any atom is -0.481 e. The first-order chi connectivity index (χ1) is 15.9. The largest absolute Gasteiger partial charge is 0.481 e. The number of carbonyl (C=O) groups is 3. The number of β-amino-alcohol motifs (C(OH)–C–C–N with tert-alkyl or cyclic N) is 1. The first kappa shape index (κ1) is 22.8. The third-order valence-electron chi connectivity index (χ3n) is 6.43. The van der Waals surface area contributed by atoms with Crippen LogP contribution in [0, 0.1) is 5.92 Å². The molecule has 3 atom stereocenters. The molecule has 0 saturated carbocycles. The van der Waals surface area contributed by atoms with Gasteiger partial charge in [0.25, 0.3) is 0 Å². The molecule has 0 bridgehead atoms. The Labute approximate surface area is 192 Å². The van der Waals surface area contributed by atoms with Crippen molar-refractivity contribution < 1.29 is 29.3 Å². The molecule has 1 fully saturated rings. The van der Waals surface area contributed by atoms with Gasteiger partial charge in [0.15, 0.2) is 0 Å². The van der Waals surface area contributed by atoms with Gasteiger partial charge in [0.1, 0.15) is 12.6 Å². The van der Waals surface area contributed by atoms with Crippen molar-refractivity contribution in [2.45, 2.75) is 37.8 Å². The van der Waals surface area contributed by atoms with Crippen molar-refractivity contribution in [3.8, 4) is 11.1 Å². The molecular formula is C25H28N2O6. The zero-order valence-corrected chi connectivity index (χ0v) is 18.4. The molecule has 3 N–H and O–H groups in total. The summed E-state index contributed by atoms with van der Waals surface area (Å²) in [7, 11) is 0. The number of aliphatic hydroxyl groups is 1. The summed E-state index contributed by atoms with van der Waals surface area (Å²) in [6.45, 7) is 1.94. The summed E-state index contributed by atoms with van der Waals surface area (Å²) in [5, 5.41) is 21.9. The highest BCUT2D eigenvalue weighted by Gasteiger charge is 2.36. The van der Waals surface area contributed by atoms with Crippen LogP contribution in [-0.4, -0.2) is 64.9 Å². The molecule has 8 heteroatoms. The van der Waals surface area contributed by atoms with Gasteiger partial charge < -0.3 is 25.2 Å². The number of nitrogens with one attached hydrogen (secondary N) is 1. The minimum atomic E-state index is -1.05. The topological polar surface area (TPSA) is 116 Å². The normalized spacial score (nSPS) is 20.5. The van der Waals surface area contributed by atoms with E-state index in [0.29, 0.717) is 6.42 Å². The molecule has 2 amide bonds. The van der Waals surface area contributed by atoms with Crippen LogP contribution in [0.4, 0.5) is 4.79 Å². The minimum absolute atomic E-state index is 0.00803. The van der Waals surface area contributed by atoms with E-state index in [1.165, 1.54) is 4.90 Å². The molecule has 2 aliphatic rings. The SMILES string of the molecule is CCC(NC(=O)OCC1c2ccccc2-c2ccccc21)C(=O)N1CC(O)CC(C(=O)O)C1. The summed E-state index contributed by atoms with van der Waals surface area (Å²) >= 11 is 0. The average Bonchev–Trinajstić information content (AvgIpc) is 3.14. The molecule has 1 aliphatic carbocycles. The predicted octanol–water partition coefficient (Wildman–Crippen LogP) is 2.60. The molecule has 1 aliphatic heterocycles. The van der Waals surface area contributed by atoms with E-state index in [4.69, 9.17) is 4.74 Å². The van der Waals surface area contributed by atoms with Gasteiger partial charge in [-0.3, -0.25) is 9.59 Å². The smallest absolute Gasteiger partial charge is 0.407 e. The van der Waals surface area contributed by atoms with E-state index >= 15 is 0 Å². The van der Waals surface area contributed by atoms with E-state index in [2.05, 4.69) is 17.4 Å². The Morgan fingerprint density at radius 1 is 1.06 bits per heavy atom. The summed E-state index contributed by atoms with van der Waals surface area (Å²) in [6, 6.07) is 15.2. The summed E-state index contributed by atoms with van der Waals surface area (Å²) in [5.41, 5.74) is 4.44. The molecule has 1 heterocycles. The van der Waals surface area contributed by atoms with Crippen LogP contribution in [0.2, 0.25) is 0 Å². The lowest BCUT2D eigenvalue weighted by atomic mass is 9.95. The average molecular weight is 453 g/mol. The number of nitrogens with zero attached hydrogens (tertiary/aromatic N) is 1. The number of alkyl carbamates (subject to hydrolysis) is 1. The van der Waals surface area contributed by atoms with Crippen LogP contribution in [0.3, 0.4) is 0 Å². The first-order valence-corrected chi connectivity index (χ1v) is 11.2. The van der Waals surface area contributed by atoms with Crippen molar-refractivity contribution in [3.63, 3.8) is 0 Å². The van der Waals surface area contributed by atoms with Crippen LogP contribution in [0.5, 0.6) is 0 Å². The van der Waals surface area contributed by atoms with Crippen molar-refractivity contribution in [1.29, 1.82) is 0 Å². The molecule has 3 unspecified atom stereocenters. The molecular weight excluding hydrogens is 424 g/mol. The Balaban J connectivity index is 1.39. The number of fused-ring (bicyclic) bond motifs is 3. The Hall–Kier alpha value is -3.39. The van der Waals surface area contributed by atoms with E-state index in [9.17, 15) is 24.6 Å². The molecule has 1 saturated heterocycles. The van der Waals surface area contributed by atoms with Gasteiger partial charge in [-0.2, -0.15) is 0 Å². The molecule has 0 spiro atoms. The van der Waals surface area contributed by atoms with E-state index < -0.39 is 36.0 Å². The van der Waals surface area contributed by atoms with Crippen LogP contribution in [-0.2, 0) is 14.3 Å². The maximum Gasteiger partial charge on any atom is 0.407 e. The van der Waals surface area contributed by atoms with Gasteiger partial charge >= 0.3 is 12.1 Å². The maximum atomic E-state index is 12.9. The second-order valence-electron chi connectivity index (χ2n) is 8.60. The number of likely N-dealkylation sites (tertiary alicyclic amines) is 1. The number of carboxylic acid groups (broad SMARTS) is 1. The number of carboxylic acids is 1. The lowest BCUT2D eigenvalue weighted by Gasteiger charge is -2.35. The molecule has 174 valence electrons. The lowest BCUT2D eigenvalue weighted by Crippen LogP contribution is -2.54. The standard InChI is InChI=1S/C25H28N2O6/c1-2-22(23(29)27-12-15(24(30)31)11-16(28)13-27)26-25(32)33-14-21-19-9-5-3-7-17(19)18-8-4-6-10-20(18)21/h3-10,15-16,21-22,28H,2,11-14H2,1H3,(H,26,32)(H,30,31). The zero-order chi connectivity index (χ0) is 23.5. The van der Waals surface area contributed by atoms with Gasteiger partial charge in [-0.15, -0.1) is 0 Å². The number of ether oxygens (including phenoxy) is 1. The second kappa shape index (κ2) is 9.62. The third kappa shape index (κ3) is 4.71. The maximum absolute atomic E-state index is 12.9. The van der Waals surface area contributed by atoms with Crippen LogP contribution in [0.15, 0.2) is 48.5 Å². The summed E-state index contributed by atoms with van der Waals surface area (Å²) in [5.74, 6) is -2.39. The van der Waals surface area contributed by atoms with Gasteiger partial charge in [0, 0.05) is 19.0 Å². The summed E-state index contributed by atoms with van der Waals surface area (Å²) < 4.78 is 5.53. The van der Waals surface area contributed by atoms with Gasteiger partial charge in [0.2, 0.25) is 5.91 Å². The van der Waals surface area contributed by atoms with Crippen molar-refractivity contribution in [2.24, 2.45) is 5.92 Å². The number of piperidine rings is 1. The van der Waals surface area contributed by atoms with E-state index in [1.54, 1.807) is 6.92 Å². The van der Waals surface area contributed by atoms with Crippen molar-refractivity contribution in [2.75, 3.05) is 19.7 Å². The van der Waals surface area contributed by atoms with E-state index in [-0.39, 0.29) is 32.0 Å². The third-order valence-corrected chi connectivity index (χ3v) is 6.43. The fraction of sp³-hybridized carbons (Fsp3) is 0.400. The van der Waals surface area contributed by atoms with Gasteiger partial charge in [-0.05, 0) is 35.1 Å². The van der Waals surface area contributed by atoms with Crippen LogP contribution >= 0.6 is 0 Å². The Morgan fingerprint density at radius 3 is 2.24 bits per heavy atom. The zero-order valence-electron chi connectivity index (χ0n) is 18.4. The number of benzene rings is 2. The first-order valence-electron chi connectivity index (χ1n) is 11.2. The highest BCUT2D eigenvalue weighted by atomic mass is 16.5. The monoisotopic (exact) mass is 452 g/mol. The molecule has 4 rings (SSSR count). The van der Waals surface area contributed by atoms with E-state index in [0.717, 1.165) is 22.3 Å². The molecule has 33 heavy (non-hydrogen) atoms. The van der Waals surface area contributed by atoms with Crippen molar-refractivity contribution in [1.82, 2.24) is 10.2 Å². The number of hydrogen-bond donors (Lipinski definition) is 3. The highest BCUT2D eigenvalue weighted by molar-refractivity contribution is 5.86.